The van der Waals surface area contributed by atoms with Crippen LogP contribution in [0.4, 0.5) is 5.69 Å². The quantitative estimate of drug-likeness (QED) is 0.757. The molecule has 126 valence electrons. The van der Waals surface area contributed by atoms with Crippen LogP contribution in [0, 0.1) is 0 Å². The number of nitrogens with zero attached hydrogens (tertiary/aromatic N) is 1. The summed E-state index contributed by atoms with van der Waals surface area (Å²) in [5.74, 6) is 1.14. The number of halogens is 2. The number of hydrogen-bond donors (Lipinski definition) is 1. The zero-order valence-electron chi connectivity index (χ0n) is 12.6. The highest BCUT2D eigenvalue weighted by Crippen LogP contribution is 2.36. The summed E-state index contributed by atoms with van der Waals surface area (Å²) in [7, 11) is 0. The SMILES string of the molecule is O=C1NC(=Nc2cccc(Cl)c2Cl)SC1=Cc1ccc2c(c1)OCO2. The van der Waals surface area contributed by atoms with E-state index in [9.17, 15) is 4.79 Å². The molecule has 8 heteroatoms. The van der Waals surface area contributed by atoms with Gasteiger partial charge in [0, 0.05) is 0 Å². The Bertz CT molecular complexity index is 943. The summed E-state index contributed by atoms with van der Waals surface area (Å²) >= 11 is 13.3. The topological polar surface area (TPSA) is 59.9 Å². The number of carbonyl (C=O) groups excluding carboxylic acids is 1. The number of carbonyl (C=O) groups is 1. The van der Waals surface area contributed by atoms with Crippen LogP contribution in [0.5, 0.6) is 11.5 Å². The number of nitrogens with one attached hydrogen (secondary N) is 1. The maximum atomic E-state index is 12.2. The maximum absolute atomic E-state index is 12.2. The number of amidine groups is 1. The highest BCUT2D eigenvalue weighted by atomic mass is 35.5. The molecule has 5 nitrogen and oxygen atoms in total. The lowest BCUT2D eigenvalue weighted by atomic mass is 10.2. The van der Waals surface area contributed by atoms with Crippen molar-refractivity contribution in [1.29, 1.82) is 0 Å². The van der Waals surface area contributed by atoms with E-state index in [0.29, 0.717) is 37.3 Å². The highest BCUT2D eigenvalue weighted by Gasteiger charge is 2.24. The molecule has 2 aromatic carbocycles. The molecule has 0 atom stereocenters. The molecule has 0 bridgehead atoms. The normalized spacial score (nSPS) is 18.9. The first-order chi connectivity index (χ1) is 12.1. The molecule has 1 amide bonds. The highest BCUT2D eigenvalue weighted by molar-refractivity contribution is 8.18. The Balaban J connectivity index is 1.60. The number of thioether (sulfide) groups is 1. The van der Waals surface area contributed by atoms with E-state index >= 15 is 0 Å². The van der Waals surface area contributed by atoms with Gasteiger partial charge >= 0.3 is 0 Å². The Morgan fingerprint density at radius 1 is 1.16 bits per heavy atom. The smallest absolute Gasteiger partial charge is 0.264 e. The van der Waals surface area contributed by atoms with E-state index in [4.69, 9.17) is 32.7 Å². The average molecular weight is 393 g/mol. The molecule has 2 aliphatic rings. The van der Waals surface area contributed by atoms with Gasteiger partial charge in [-0.15, -0.1) is 0 Å². The van der Waals surface area contributed by atoms with E-state index in [-0.39, 0.29) is 12.7 Å². The summed E-state index contributed by atoms with van der Waals surface area (Å²) in [6.45, 7) is 0.210. The number of hydrogen-bond acceptors (Lipinski definition) is 5. The number of aliphatic imine (C=N–C) groups is 1. The van der Waals surface area contributed by atoms with Crippen molar-refractivity contribution in [3.05, 3.63) is 56.9 Å². The first-order valence-electron chi connectivity index (χ1n) is 7.23. The molecule has 1 N–H and O–H groups in total. The van der Waals surface area contributed by atoms with E-state index < -0.39 is 0 Å². The van der Waals surface area contributed by atoms with Gasteiger partial charge in [-0.05, 0) is 47.7 Å². The second-order valence-electron chi connectivity index (χ2n) is 5.17. The predicted octanol–water partition coefficient (Wildman–Crippen LogP) is 4.61. The van der Waals surface area contributed by atoms with Crippen molar-refractivity contribution in [1.82, 2.24) is 5.32 Å². The lowest BCUT2D eigenvalue weighted by Gasteiger charge is -2.01. The minimum Gasteiger partial charge on any atom is -0.454 e. The number of amides is 1. The zero-order chi connectivity index (χ0) is 17.4. The first-order valence-corrected chi connectivity index (χ1v) is 8.80. The van der Waals surface area contributed by atoms with Crippen LogP contribution in [-0.2, 0) is 4.79 Å². The first kappa shape index (κ1) is 16.3. The fraction of sp³-hybridized carbons (Fsp3) is 0.0588. The second kappa shape index (κ2) is 6.63. The van der Waals surface area contributed by atoms with E-state index in [2.05, 4.69) is 10.3 Å². The Hall–Kier alpha value is -2.15. The number of rotatable bonds is 2. The number of fused-ring (bicyclic) bond motifs is 1. The molecule has 2 aliphatic heterocycles. The minimum atomic E-state index is -0.223. The second-order valence-corrected chi connectivity index (χ2v) is 6.98. The van der Waals surface area contributed by atoms with Crippen molar-refractivity contribution in [2.75, 3.05) is 6.79 Å². The Kier molecular flexibility index (Phi) is 4.33. The summed E-state index contributed by atoms with van der Waals surface area (Å²) in [5.41, 5.74) is 1.34. The van der Waals surface area contributed by atoms with Gasteiger partial charge in [0.2, 0.25) is 6.79 Å². The van der Waals surface area contributed by atoms with Crippen LogP contribution in [0.25, 0.3) is 6.08 Å². The summed E-state index contributed by atoms with van der Waals surface area (Å²) in [6.07, 6.45) is 1.77. The predicted molar refractivity (Wildman–Crippen MR) is 99.8 cm³/mol. The van der Waals surface area contributed by atoms with Crippen molar-refractivity contribution in [3.63, 3.8) is 0 Å². The molecule has 4 rings (SSSR count). The van der Waals surface area contributed by atoms with Crippen LogP contribution in [0.2, 0.25) is 10.0 Å². The molecular formula is C17H10Cl2N2O3S. The Labute approximate surface area is 157 Å². The third kappa shape index (κ3) is 3.33. The maximum Gasteiger partial charge on any atom is 0.264 e. The zero-order valence-corrected chi connectivity index (χ0v) is 14.9. The largest absolute Gasteiger partial charge is 0.454 e. The number of ether oxygens (including phenoxy) is 2. The molecule has 1 fully saturated rings. The van der Waals surface area contributed by atoms with Crippen molar-refractivity contribution in [3.8, 4) is 11.5 Å². The molecule has 0 aromatic heterocycles. The molecule has 2 heterocycles. The van der Waals surface area contributed by atoms with Gasteiger partial charge in [0.05, 0.1) is 20.6 Å². The summed E-state index contributed by atoms with van der Waals surface area (Å²) < 4.78 is 10.6. The van der Waals surface area contributed by atoms with E-state index in [1.807, 2.05) is 18.2 Å². The summed E-state index contributed by atoms with van der Waals surface area (Å²) in [4.78, 5) is 17.1. The molecule has 0 spiro atoms. The standard InChI is InChI=1S/C17H10Cl2N2O3S/c18-10-2-1-3-11(15(10)19)20-17-21-16(22)14(25-17)7-9-4-5-12-13(6-9)24-8-23-12/h1-7H,8H2,(H,20,21,22). The van der Waals surface area contributed by atoms with Crippen molar-refractivity contribution >= 4 is 57.8 Å². The fourth-order valence-electron chi connectivity index (χ4n) is 2.32. The molecular weight excluding hydrogens is 383 g/mol. The molecule has 0 unspecified atom stereocenters. The van der Waals surface area contributed by atoms with Crippen LogP contribution in [-0.4, -0.2) is 17.9 Å². The molecule has 2 aromatic rings. The van der Waals surface area contributed by atoms with E-state index in [1.165, 1.54) is 11.8 Å². The molecule has 1 saturated heterocycles. The Morgan fingerprint density at radius 2 is 2.00 bits per heavy atom. The number of benzene rings is 2. The molecule has 25 heavy (non-hydrogen) atoms. The van der Waals surface area contributed by atoms with Crippen LogP contribution in [0.3, 0.4) is 0 Å². The van der Waals surface area contributed by atoms with Crippen molar-refractivity contribution < 1.29 is 14.3 Å². The van der Waals surface area contributed by atoms with E-state index in [1.54, 1.807) is 24.3 Å². The van der Waals surface area contributed by atoms with Gasteiger partial charge in [0.25, 0.3) is 5.91 Å². The van der Waals surface area contributed by atoms with Crippen LogP contribution >= 0.6 is 35.0 Å². The average Bonchev–Trinajstić information content (AvgIpc) is 3.18. The molecule has 0 aliphatic carbocycles. The van der Waals surface area contributed by atoms with Crippen molar-refractivity contribution in [2.24, 2.45) is 4.99 Å². The van der Waals surface area contributed by atoms with Gasteiger partial charge in [-0.2, -0.15) is 0 Å². The van der Waals surface area contributed by atoms with Gasteiger partial charge < -0.3 is 14.8 Å². The van der Waals surface area contributed by atoms with Gasteiger partial charge in [-0.1, -0.05) is 35.3 Å². The third-order valence-corrected chi connectivity index (χ3v) is 5.22. The Morgan fingerprint density at radius 3 is 2.88 bits per heavy atom. The van der Waals surface area contributed by atoms with Gasteiger partial charge in [0.1, 0.15) is 0 Å². The monoisotopic (exact) mass is 392 g/mol. The minimum absolute atomic E-state index is 0.210. The summed E-state index contributed by atoms with van der Waals surface area (Å²) in [6, 6.07) is 10.7. The lowest BCUT2D eigenvalue weighted by molar-refractivity contribution is -0.115. The van der Waals surface area contributed by atoms with Crippen LogP contribution in [0.15, 0.2) is 46.3 Å². The molecule has 0 radical (unpaired) electrons. The van der Waals surface area contributed by atoms with Crippen LogP contribution < -0.4 is 14.8 Å². The van der Waals surface area contributed by atoms with Gasteiger partial charge in [0.15, 0.2) is 16.7 Å². The summed E-state index contributed by atoms with van der Waals surface area (Å²) in [5, 5.41) is 3.92. The van der Waals surface area contributed by atoms with Crippen molar-refractivity contribution in [2.45, 2.75) is 0 Å². The van der Waals surface area contributed by atoms with Gasteiger partial charge in [-0.3, -0.25) is 4.79 Å². The third-order valence-electron chi connectivity index (χ3n) is 3.50. The lowest BCUT2D eigenvalue weighted by Crippen LogP contribution is -2.19. The fourth-order valence-corrected chi connectivity index (χ4v) is 3.50. The molecule has 0 saturated carbocycles. The van der Waals surface area contributed by atoms with Crippen LogP contribution in [0.1, 0.15) is 5.56 Å². The van der Waals surface area contributed by atoms with Gasteiger partial charge in [-0.25, -0.2) is 4.99 Å². The van der Waals surface area contributed by atoms with E-state index in [0.717, 1.165) is 5.56 Å².